The van der Waals surface area contributed by atoms with E-state index < -0.39 is 0 Å². The smallest absolute Gasteiger partial charge is 0.244 e. The molecule has 1 aliphatic rings. The van der Waals surface area contributed by atoms with E-state index in [9.17, 15) is 0 Å². The zero-order valence-electron chi connectivity index (χ0n) is 14.8. The molecule has 0 unspecified atom stereocenters. The molecule has 3 rings (SSSR count). The van der Waals surface area contributed by atoms with Crippen LogP contribution in [-0.2, 0) is 12.0 Å². The molecule has 0 amide bonds. The third-order valence-corrected chi connectivity index (χ3v) is 4.40. The number of aromatic amines is 1. The monoisotopic (exact) mass is 317 g/mol. The molecule has 0 saturated carbocycles. The number of hydrogen-bond donors (Lipinski definition) is 1. The highest BCUT2D eigenvalue weighted by atomic mass is 16.5. The Morgan fingerprint density at radius 3 is 2.78 bits per heavy atom. The first kappa shape index (κ1) is 16.2. The number of aromatic nitrogens is 4. The summed E-state index contributed by atoms with van der Waals surface area (Å²) in [5.41, 5.74) is 2.31. The van der Waals surface area contributed by atoms with Gasteiger partial charge in [0.05, 0.1) is 11.7 Å². The Balaban J connectivity index is 1.72. The lowest BCUT2D eigenvalue weighted by Gasteiger charge is -2.20. The van der Waals surface area contributed by atoms with E-state index >= 15 is 0 Å². The lowest BCUT2D eigenvalue weighted by molar-refractivity contribution is 0.199. The van der Waals surface area contributed by atoms with Crippen LogP contribution in [0.15, 0.2) is 10.6 Å². The first-order valence-electron chi connectivity index (χ1n) is 8.47. The van der Waals surface area contributed by atoms with Gasteiger partial charge in [0, 0.05) is 23.6 Å². The zero-order chi connectivity index (χ0) is 16.6. The lowest BCUT2D eigenvalue weighted by Crippen LogP contribution is -2.23. The molecule has 0 radical (unpaired) electrons. The van der Waals surface area contributed by atoms with E-state index in [1.54, 1.807) is 0 Å². The summed E-state index contributed by atoms with van der Waals surface area (Å²) in [4.78, 5) is 6.98. The fraction of sp³-hybridized carbons (Fsp3) is 0.706. The minimum absolute atomic E-state index is 0.0673. The fourth-order valence-corrected chi connectivity index (χ4v) is 2.96. The van der Waals surface area contributed by atoms with Crippen molar-refractivity contribution < 1.29 is 4.52 Å². The molecule has 0 bridgehead atoms. The number of rotatable bonds is 4. The van der Waals surface area contributed by atoms with Crippen molar-refractivity contribution in [3.05, 3.63) is 29.2 Å². The molecule has 6 heteroatoms. The summed E-state index contributed by atoms with van der Waals surface area (Å²) in [7, 11) is 0. The normalized spacial score (nSPS) is 19.8. The number of H-pyrrole nitrogens is 1. The maximum atomic E-state index is 5.51. The van der Waals surface area contributed by atoms with Crippen LogP contribution < -0.4 is 0 Å². The number of nitrogens with zero attached hydrogens (tertiary/aromatic N) is 4. The highest BCUT2D eigenvalue weighted by molar-refractivity contribution is 5.16. The largest absolute Gasteiger partial charge is 0.338 e. The lowest BCUT2D eigenvalue weighted by atomic mass is 9.92. The third-order valence-electron chi connectivity index (χ3n) is 4.40. The van der Waals surface area contributed by atoms with E-state index in [0.717, 1.165) is 49.0 Å². The molecule has 2 aromatic heterocycles. The Hall–Kier alpha value is -1.69. The van der Waals surface area contributed by atoms with Crippen LogP contribution in [0.25, 0.3) is 0 Å². The van der Waals surface area contributed by atoms with Gasteiger partial charge in [-0.3, -0.25) is 10.00 Å². The second-order valence-electron chi connectivity index (χ2n) is 7.80. The average Bonchev–Trinajstić information content (AvgIpc) is 3.17. The van der Waals surface area contributed by atoms with Crippen LogP contribution in [-0.4, -0.2) is 31.8 Å². The zero-order valence-corrected chi connectivity index (χ0v) is 14.8. The van der Waals surface area contributed by atoms with Crippen LogP contribution in [0.5, 0.6) is 0 Å². The van der Waals surface area contributed by atoms with Crippen LogP contribution in [0.3, 0.4) is 0 Å². The van der Waals surface area contributed by atoms with Gasteiger partial charge >= 0.3 is 0 Å². The molecule has 23 heavy (non-hydrogen) atoms. The Bertz CT molecular complexity index is 652. The van der Waals surface area contributed by atoms with E-state index in [-0.39, 0.29) is 11.5 Å². The molecular formula is C17H27N5O. The van der Waals surface area contributed by atoms with E-state index in [0.29, 0.717) is 5.92 Å². The van der Waals surface area contributed by atoms with Crippen molar-refractivity contribution in [1.82, 2.24) is 25.2 Å². The number of hydrogen-bond acceptors (Lipinski definition) is 5. The van der Waals surface area contributed by atoms with E-state index in [4.69, 9.17) is 4.52 Å². The Morgan fingerprint density at radius 2 is 2.17 bits per heavy atom. The minimum atomic E-state index is 0.0673. The average molecular weight is 317 g/mol. The predicted octanol–water partition coefficient (Wildman–Crippen LogP) is 3.55. The minimum Gasteiger partial charge on any atom is -0.338 e. The maximum absolute atomic E-state index is 5.51. The molecule has 1 atom stereocenters. The van der Waals surface area contributed by atoms with Crippen LogP contribution in [0.4, 0.5) is 0 Å². The quantitative estimate of drug-likeness (QED) is 0.933. The molecule has 3 heterocycles. The van der Waals surface area contributed by atoms with Gasteiger partial charge in [0.2, 0.25) is 5.89 Å². The fourth-order valence-electron chi connectivity index (χ4n) is 2.96. The van der Waals surface area contributed by atoms with E-state index in [2.05, 4.69) is 65.9 Å². The van der Waals surface area contributed by atoms with E-state index in [1.807, 2.05) is 0 Å². The van der Waals surface area contributed by atoms with Gasteiger partial charge < -0.3 is 4.52 Å². The molecule has 0 aromatic carbocycles. The Morgan fingerprint density at radius 1 is 1.39 bits per heavy atom. The van der Waals surface area contributed by atoms with Gasteiger partial charge in [0.25, 0.3) is 0 Å². The van der Waals surface area contributed by atoms with Crippen LogP contribution >= 0.6 is 0 Å². The molecule has 0 spiro atoms. The first-order valence-corrected chi connectivity index (χ1v) is 8.47. The maximum Gasteiger partial charge on any atom is 0.244 e. The second kappa shape index (κ2) is 6.07. The molecule has 1 fully saturated rings. The molecule has 2 aromatic rings. The summed E-state index contributed by atoms with van der Waals surface area (Å²) in [6.45, 7) is 12.6. The van der Waals surface area contributed by atoms with Crippen molar-refractivity contribution in [3.8, 4) is 0 Å². The first-order chi connectivity index (χ1) is 10.8. The van der Waals surface area contributed by atoms with Crippen molar-refractivity contribution >= 4 is 0 Å². The summed E-state index contributed by atoms with van der Waals surface area (Å²) >= 11 is 0. The highest BCUT2D eigenvalue weighted by Gasteiger charge is 2.31. The van der Waals surface area contributed by atoms with Crippen LogP contribution in [0.2, 0.25) is 0 Å². The van der Waals surface area contributed by atoms with Gasteiger partial charge in [-0.2, -0.15) is 10.1 Å². The van der Waals surface area contributed by atoms with Crippen molar-refractivity contribution in [1.29, 1.82) is 0 Å². The van der Waals surface area contributed by atoms with Gasteiger partial charge in [-0.05, 0) is 25.5 Å². The highest BCUT2D eigenvalue weighted by Crippen LogP contribution is 2.33. The van der Waals surface area contributed by atoms with Crippen molar-refractivity contribution in [2.45, 2.75) is 71.4 Å². The van der Waals surface area contributed by atoms with Gasteiger partial charge in [0.15, 0.2) is 5.82 Å². The van der Waals surface area contributed by atoms with E-state index in [1.165, 1.54) is 0 Å². The molecule has 1 N–H and O–H groups in total. The second-order valence-corrected chi connectivity index (χ2v) is 7.80. The topological polar surface area (TPSA) is 70.8 Å². The van der Waals surface area contributed by atoms with Crippen LogP contribution in [0, 0.1) is 0 Å². The molecular weight excluding hydrogens is 290 g/mol. The van der Waals surface area contributed by atoms with Crippen molar-refractivity contribution in [2.75, 3.05) is 6.54 Å². The molecule has 6 nitrogen and oxygen atoms in total. The Kier molecular flexibility index (Phi) is 4.27. The molecule has 126 valence electrons. The van der Waals surface area contributed by atoms with Gasteiger partial charge in [-0.1, -0.05) is 39.8 Å². The van der Waals surface area contributed by atoms with Gasteiger partial charge in [-0.15, -0.1) is 0 Å². The summed E-state index contributed by atoms with van der Waals surface area (Å²) in [5, 5.41) is 11.7. The van der Waals surface area contributed by atoms with Gasteiger partial charge in [0.1, 0.15) is 0 Å². The summed E-state index contributed by atoms with van der Waals surface area (Å²) < 4.78 is 5.51. The van der Waals surface area contributed by atoms with Gasteiger partial charge in [-0.25, -0.2) is 0 Å². The Labute approximate surface area is 137 Å². The summed E-state index contributed by atoms with van der Waals surface area (Å²) in [6.07, 6.45) is 2.23. The number of likely N-dealkylation sites (tertiary alicyclic amines) is 1. The molecule has 1 aliphatic heterocycles. The third kappa shape index (κ3) is 3.47. The number of nitrogens with one attached hydrogen (secondary N) is 1. The predicted molar refractivity (Wildman–Crippen MR) is 88.1 cm³/mol. The van der Waals surface area contributed by atoms with Crippen molar-refractivity contribution in [3.63, 3.8) is 0 Å². The molecule has 1 saturated heterocycles. The van der Waals surface area contributed by atoms with Crippen LogP contribution in [0.1, 0.15) is 82.5 Å². The summed E-state index contributed by atoms with van der Waals surface area (Å²) in [6, 6.07) is 2.39. The summed E-state index contributed by atoms with van der Waals surface area (Å²) in [5.74, 6) is 1.84. The molecule has 0 aliphatic carbocycles. The standard InChI is InChI=1S/C17H27N5O/c1-11(2)15-18-16(23-21-15)13-7-6-8-22(13)10-12-9-14(20-19-12)17(3,4)5/h9,11,13H,6-8,10H2,1-5H3,(H,19,20)/t13-/m1/s1. The SMILES string of the molecule is CC(C)c1noc([C@H]2CCCN2Cc2cc(C(C)(C)C)n[nH]2)n1. The van der Waals surface area contributed by atoms with Crippen molar-refractivity contribution in [2.24, 2.45) is 0 Å².